The van der Waals surface area contributed by atoms with E-state index in [1.165, 1.54) is 0 Å². The summed E-state index contributed by atoms with van der Waals surface area (Å²) in [6.07, 6.45) is 2.02. The second-order valence-corrected chi connectivity index (χ2v) is 8.80. The van der Waals surface area contributed by atoms with Crippen LogP contribution in [0.4, 0.5) is 0 Å². The molecule has 5 aliphatic rings. The lowest BCUT2D eigenvalue weighted by Gasteiger charge is -2.64. The third kappa shape index (κ3) is 1.99. The highest BCUT2D eigenvalue weighted by Crippen LogP contribution is 2.68. The van der Waals surface area contributed by atoms with Crippen molar-refractivity contribution in [1.29, 1.82) is 0 Å². The minimum absolute atomic E-state index is 0.0411. The lowest BCUT2D eigenvalue weighted by molar-refractivity contribution is -0.231. The molecule has 2 bridgehead atoms. The highest BCUT2D eigenvalue weighted by Gasteiger charge is 2.71. The molecule has 24 heavy (non-hydrogen) atoms. The van der Waals surface area contributed by atoms with Gasteiger partial charge in [0.1, 0.15) is 5.60 Å². The second kappa shape index (κ2) is 4.67. The van der Waals surface area contributed by atoms with Gasteiger partial charge in [0, 0.05) is 12.8 Å². The summed E-state index contributed by atoms with van der Waals surface area (Å²) >= 11 is 0. The second-order valence-electron chi connectivity index (χ2n) is 8.80. The Kier molecular flexibility index (Phi) is 3.15. The van der Waals surface area contributed by atoms with Crippen LogP contribution in [0.5, 0.6) is 0 Å². The topological polar surface area (TPSA) is 72.9 Å². The first kappa shape index (κ1) is 16.2. The summed E-state index contributed by atoms with van der Waals surface area (Å²) in [4.78, 5) is 37.5. The van der Waals surface area contributed by atoms with Crippen LogP contribution in [0.25, 0.3) is 0 Å². The molecule has 6 nitrogen and oxygen atoms in total. The van der Waals surface area contributed by atoms with E-state index in [4.69, 9.17) is 9.47 Å². The summed E-state index contributed by atoms with van der Waals surface area (Å²) in [5.41, 5.74) is -0.651. The fraction of sp³-hybridized carbons (Fsp3) is 0.833. The molecule has 2 heterocycles. The summed E-state index contributed by atoms with van der Waals surface area (Å²) in [7, 11) is 0. The molecule has 0 unspecified atom stereocenters. The Hall–Kier alpha value is -1.27. The molecule has 2 aliphatic heterocycles. The van der Waals surface area contributed by atoms with E-state index in [2.05, 4.69) is 13.8 Å². The van der Waals surface area contributed by atoms with E-state index in [9.17, 15) is 14.4 Å². The molecule has 0 spiro atoms. The molecular formula is C18H25NO5. The summed E-state index contributed by atoms with van der Waals surface area (Å²) in [5, 5.41) is 0. The number of likely N-dealkylation sites (tertiary alicyclic amines) is 1. The zero-order chi connectivity index (χ0) is 17.5. The molecule has 0 aromatic heterocycles. The average molecular weight is 335 g/mol. The van der Waals surface area contributed by atoms with E-state index in [0.717, 1.165) is 17.7 Å². The van der Waals surface area contributed by atoms with Crippen molar-refractivity contribution < 1.29 is 23.9 Å². The molecule has 5 rings (SSSR count). The maximum Gasteiger partial charge on any atom is 0.239 e. The predicted molar refractivity (Wildman–Crippen MR) is 83.5 cm³/mol. The molecular weight excluding hydrogens is 310 g/mol. The third-order valence-electron chi connectivity index (χ3n) is 6.69. The van der Waals surface area contributed by atoms with Gasteiger partial charge in [-0.3, -0.25) is 14.4 Å². The van der Waals surface area contributed by atoms with Crippen molar-refractivity contribution >= 4 is 17.7 Å². The van der Waals surface area contributed by atoms with Crippen LogP contribution in [0.15, 0.2) is 0 Å². The van der Waals surface area contributed by atoms with E-state index in [0.29, 0.717) is 5.92 Å². The van der Waals surface area contributed by atoms with Crippen LogP contribution in [0.1, 0.15) is 59.8 Å². The summed E-state index contributed by atoms with van der Waals surface area (Å²) in [5.74, 6) is -1.20. The smallest absolute Gasteiger partial charge is 0.239 e. The quantitative estimate of drug-likeness (QED) is 0.722. The Bertz CT molecular complexity index is 623. The van der Waals surface area contributed by atoms with Crippen LogP contribution in [-0.2, 0) is 23.9 Å². The maximum atomic E-state index is 12.8. The van der Waals surface area contributed by atoms with Gasteiger partial charge in [0.25, 0.3) is 0 Å². The largest absolute Gasteiger partial charge is 0.344 e. The third-order valence-corrected chi connectivity index (χ3v) is 6.69. The molecule has 0 N–H and O–H groups in total. The highest BCUT2D eigenvalue weighted by atomic mass is 16.8. The number of ether oxygens (including phenoxy) is 2. The van der Waals surface area contributed by atoms with Gasteiger partial charge in [-0.25, -0.2) is 4.90 Å². The Morgan fingerprint density at radius 2 is 1.75 bits per heavy atom. The van der Waals surface area contributed by atoms with Gasteiger partial charge in [-0.2, -0.15) is 0 Å². The SMILES string of the molecule is CC1(C)O[C@H]2C[C@H]3C[C@H](C3(C)C)[C@@]2(CC(=O)N2C(=O)CCC2=O)O1. The molecule has 3 aliphatic carbocycles. The number of amides is 3. The number of hydrogen-bond acceptors (Lipinski definition) is 5. The molecule has 0 aromatic carbocycles. The van der Waals surface area contributed by atoms with Crippen molar-refractivity contribution in [3.05, 3.63) is 0 Å². The van der Waals surface area contributed by atoms with E-state index in [-0.39, 0.29) is 36.7 Å². The summed E-state index contributed by atoms with van der Waals surface area (Å²) < 4.78 is 12.4. The first-order chi connectivity index (χ1) is 11.1. The van der Waals surface area contributed by atoms with Gasteiger partial charge in [-0.1, -0.05) is 13.8 Å². The van der Waals surface area contributed by atoms with E-state index >= 15 is 0 Å². The van der Waals surface area contributed by atoms with Crippen molar-refractivity contribution in [2.45, 2.75) is 77.3 Å². The lowest BCUT2D eigenvalue weighted by atomic mass is 9.43. The molecule has 132 valence electrons. The van der Waals surface area contributed by atoms with Gasteiger partial charge in [0.2, 0.25) is 17.7 Å². The van der Waals surface area contributed by atoms with Crippen molar-refractivity contribution in [2.75, 3.05) is 0 Å². The number of carbonyl (C=O) groups is 3. The molecule has 0 aromatic rings. The summed E-state index contributed by atoms with van der Waals surface area (Å²) in [6, 6.07) is 0. The van der Waals surface area contributed by atoms with Crippen LogP contribution in [0, 0.1) is 17.3 Å². The molecule has 0 radical (unpaired) electrons. The van der Waals surface area contributed by atoms with Crippen molar-refractivity contribution in [1.82, 2.24) is 4.90 Å². The van der Waals surface area contributed by atoms with Gasteiger partial charge >= 0.3 is 0 Å². The van der Waals surface area contributed by atoms with Crippen molar-refractivity contribution in [2.24, 2.45) is 17.3 Å². The Balaban J connectivity index is 1.66. The minimum atomic E-state index is -0.752. The van der Waals surface area contributed by atoms with Crippen LogP contribution in [-0.4, -0.2) is 40.1 Å². The van der Waals surface area contributed by atoms with Crippen LogP contribution < -0.4 is 0 Å². The molecule has 6 heteroatoms. The number of nitrogens with zero attached hydrogens (tertiary/aromatic N) is 1. The first-order valence-corrected chi connectivity index (χ1v) is 8.83. The molecule has 3 saturated carbocycles. The monoisotopic (exact) mass is 335 g/mol. The highest BCUT2D eigenvalue weighted by molar-refractivity contribution is 6.15. The standard InChI is InChI=1S/C18H25NO5/c1-16(2)10-7-11(16)18(12(8-10)23-17(3,4)24-18)9-15(22)19-13(20)5-6-14(19)21/h10-12H,5-9H2,1-4H3/t10-,11-,12+,18-/m1/s1. The van der Waals surface area contributed by atoms with Crippen LogP contribution in [0.3, 0.4) is 0 Å². The Labute approximate surface area is 141 Å². The molecule has 4 atom stereocenters. The van der Waals surface area contributed by atoms with Crippen LogP contribution >= 0.6 is 0 Å². The lowest BCUT2D eigenvalue weighted by Crippen LogP contribution is -2.67. The number of rotatable bonds is 2. The zero-order valence-corrected chi connectivity index (χ0v) is 14.8. The number of imide groups is 3. The van der Waals surface area contributed by atoms with Crippen molar-refractivity contribution in [3.63, 3.8) is 0 Å². The van der Waals surface area contributed by atoms with Gasteiger partial charge in [-0.05, 0) is 43.9 Å². The van der Waals surface area contributed by atoms with Crippen molar-refractivity contribution in [3.8, 4) is 0 Å². The Morgan fingerprint density at radius 3 is 2.33 bits per heavy atom. The zero-order valence-electron chi connectivity index (χ0n) is 14.8. The first-order valence-electron chi connectivity index (χ1n) is 8.83. The van der Waals surface area contributed by atoms with E-state index < -0.39 is 29.1 Å². The van der Waals surface area contributed by atoms with Gasteiger partial charge < -0.3 is 9.47 Å². The number of hydrogen-bond donors (Lipinski definition) is 0. The van der Waals surface area contributed by atoms with Crippen LogP contribution in [0.2, 0.25) is 0 Å². The fourth-order valence-corrected chi connectivity index (χ4v) is 5.48. The maximum absolute atomic E-state index is 12.8. The van der Waals surface area contributed by atoms with E-state index in [1.807, 2.05) is 13.8 Å². The molecule has 2 saturated heterocycles. The minimum Gasteiger partial charge on any atom is -0.344 e. The summed E-state index contributed by atoms with van der Waals surface area (Å²) in [6.45, 7) is 8.17. The Morgan fingerprint density at radius 1 is 1.12 bits per heavy atom. The van der Waals surface area contributed by atoms with Gasteiger partial charge in [0.15, 0.2) is 5.79 Å². The molecule has 3 amide bonds. The number of carbonyl (C=O) groups excluding carboxylic acids is 3. The normalized spacial score (nSPS) is 42.0. The fourth-order valence-electron chi connectivity index (χ4n) is 5.48. The molecule has 5 fully saturated rings. The van der Waals surface area contributed by atoms with E-state index in [1.54, 1.807) is 0 Å². The average Bonchev–Trinajstić information content (AvgIpc) is 2.92. The van der Waals surface area contributed by atoms with Gasteiger partial charge in [-0.15, -0.1) is 0 Å². The predicted octanol–water partition coefficient (Wildman–Crippen LogP) is 2.01. The van der Waals surface area contributed by atoms with Gasteiger partial charge in [0.05, 0.1) is 12.5 Å².